The van der Waals surface area contributed by atoms with E-state index in [1.807, 2.05) is 32.9 Å². The molecule has 290 valence electrons. The molecule has 0 saturated carbocycles. The molecule has 4 aromatic rings. The van der Waals surface area contributed by atoms with Crippen molar-refractivity contribution in [2.75, 3.05) is 50.2 Å². The van der Waals surface area contributed by atoms with Gasteiger partial charge in [-0.15, -0.1) is 0 Å². The lowest BCUT2D eigenvalue weighted by molar-refractivity contribution is -0.156. The van der Waals surface area contributed by atoms with E-state index in [9.17, 15) is 18.0 Å². The molecule has 2 fully saturated rings. The van der Waals surface area contributed by atoms with E-state index in [-0.39, 0.29) is 12.1 Å². The minimum absolute atomic E-state index is 0.0942. The number of piperidine rings is 2. The number of amides is 1. The summed E-state index contributed by atoms with van der Waals surface area (Å²) in [5.41, 5.74) is 8.58. The number of methoxy groups -OCH3 is 2. The minimum atomic E-state index is -4.64. The van der Waals surface area contributed by atoms with Crippen molar-refractivity contribution in [2.45, 2.75) is 84.1 Å². The van der Waals surface area contributed by atoms with E-state index in [0.29, 0.717) is 24.7 Å². The number of carbonyl (C=O) groups is 2. The van der Waals surface area contributed by atoms with Gasteiger partial charge in [-0.05, 0) is 58.6 Å². The Bertz CT molecular complexity index is 1780. The van der Waals surface area contributed by atoms with Gasteiger partial charge >= 0.3 is 12.3 Å². The quantitative estimate of drug-likeness (QED) is 0.252. The maximum Gasteiger partial charge on any atom is 0.446 e. The van der Waals surface area contributed by atoms with Gasteiger partial charge < -0.3 is 35.1 Å². The number of aldehydes is 1. The summed E-state index contributed by atoms with van der Waals surface area (Å²) in [6, 6.07) is 4.09. The van der Waals surface area contributed by atoms with Crippen molar-refractivity contribution in [3.63, 3.8) is 0 Å². The topological polar surface area (TPSA) is 184 Å². The molecule has 15 nitrogen and oxygen atoms in total. The zero-order valence-electron chi connectivity index (χ0n) is 31.9. The number of fused-ring (bicyclic) bond motifs is 2. The van der Waals surface area contributed by atoms with E-state index in [0.717, 1.165) is 85.6 Å². The molecule has 18 heteroatoms. The van der Waals surface area contributed by atoms with Crippen molar-refractivity contribution in [1.29, 1.82) is 0 Å². The molecular weight excluding hydrogens is 697 g/mol. The van der Waals surface area contributed by atoms with Gasteiger partial charge in [-0.1, -0.05) is 13.8 Å². The van der Waals surface area contributed by atoms with Crippen LogP contribution < -0.4 is 30.3 Å². The van der Waals surface area contributed by atoms with Crippen molar-refractivity contribution < 1.29 is 38.3 Å². The standard InChI is InChI=1S/C18H25N5O3.C13H17N5O.C2HF3O.C2H6/c1-18(2,3)26-17(24)21-12-6-9-23(10-7-12)16-15-13(5-8-19-16)20-11-14(22-15)25-4;1-19-11-8-16-10-2-5-15-13(12(10)17-11)18-6-3-9(14)4-7-18;3-2(4,5)1-6;1-2/h5,8,11-12H,6-7,9-10H2,1-4H3,(H,21,24);2,5,8-9H,3-4,6-7,14H2,1H3;1H;1-2H3/i;;;1D. The first kappa shape index (κ1) is 40.6. The van der Waals surface area contributed by atoms with E-state index >= 15 is 0 Å². The van der Waals surface area contributed by atoms with Gasteiger partial charge in [-0.3, -0.25) is 4.79 Å². The van der Waals surface area contributed by atoms with Crippen LogP contribution in [0.3, 0.4) is 0 Å². The van der Waals surface area contributed by atoms with Gasteiger partial charge in [0.15, 0.2) is 11.6 Å². The summed E-state index contributed by atoms with van der Waals surface area (Å²) >= 11 is 0. The summed E-state index contributed by atoms with van der Waals surface area (Å²) in [6.07, 6.45) is 4.26. The number of halogens is 3. The maximum atomic E-state index is 11.9. The van der Waals surface area contributed by atoms with Crippen LogP contribution in [0.5, 0.6) is 11.8 Å². The van der Waals surface area contributed by atoms with Gasteiger partial charge in [0.2, 0.25) is 18.0 Å². The third-order valence-electron chi connectivity index (χ3n) is 7.75. The molecule has 0 atom stereocenters. The number of nitrogens with two attached hydrogens (primary N) is 1. The van der Waals surface area contributed by atoms with E-state index in [1.54, 1.807) is 45.9 Å². The fourth-order valence-corrected chi connectivity index (χ4v) is 5.30. The Balaban J connectivity index is 0.000000244. The van der Waals surface area contributed by atoms with E-state index in [2.05, 4.69) is 45.0 Å². The summed E-state index contributed by atoms with van der Waals surface area (Å²) in [5, 5.41) is 2.95. The number of aromatic nitrogens is 6. The molecule has 3 N–H and O–H groups in total. The smallest absolute Gasteiger partial charge is 0.446 e. The van der Waals surface area contributed by atoms with Gasteiger partial charge in [0.25, 0.3) is 0 Å². The van der Waals surface area contributed by atoms with Crippen LogP contribution in [0.2, 0.25) is 0 Å². The van der Waals surface area contributed by atoms with Gasteiger partial charge in [0.1, 0.15) is 16.6 Å². The lowest BCUT2D eigenvalue weighted by Gasteiger charge is -2.33. The first-order valence-electron chi connectivity index (χ1n) is 17.7. The number of pyridine rings is 2. The minimum Gasteiger partial charge on any atom is -0.480 e. The molecule has 0 spiro atoms. The number of hydrogen-bond acceptors (Lipinski definition) is 14. The second-order valence-electron chi connectivity index (χ2n) is 12.7. The summed E-state index contributed by atoms with van der Waals surface area (Å²) < 4.78 is 53.1. The van der Waals surface area contributed by atoms with Crippen molar-refractivity contribution in [3.8, 4) is 11.8 Å². The van der Waals surface area contributed by atoms with Crippen LogP contribution in [-0.4, -0.2) is 107 Å². The molecule has 4 aromatic heterocycles. The molecule has 6 rings (SSSR count). The number of alkyl carbamates (subject to hydrolysis) is 1. The molecule has 1 amide bonds. The van der Waals surface area contributed by atoms with Gasteiger partial charge in [-0.25, -0.2) is 34.7 Å². The summed E-state index contributed by atoms with van der Waals surface area (Å²) in [5.74, 6) is 2.64. The molecule has 0 bridgehead atoms. The Kier molecular flexibility index (Phi) is 15.1. The fraction of sp³-hybridized carbons (Fsp3) is 0.543. The van der Waals surface area contributed by atoms with E-state index < -0.39 is 18.1 Å². The van der Waals surface area contributed by atoms with Crippen molar-refractivity contribution in [2.24, 2.45) is 5.73 Å². The van der Waals surface area contributed by atoms with Gasteiger partial charge in [0.05, 0.1) is 37.6 Å². The average molecular weight is 748 g/mol. The summed E-state index contributed by atoms with van der Waals surface area (Å²) in [6.45, 7) is 11.2. The fourth-order valence-electron chi connectivity index (χ4n) is 5.30. The second-order valence-corrected chi connectivity index (χ2v) is 12.7. The molecule has 0 radical (unpaired) electrons. The van der Waals surface area contributed by atoms with Crippen LogP contribution in [-0.2, 0) is 9.53 Å². The van der Waals surface area contributed by atoms with Crippen LogP contribution in [0.4, 0.5) is 29.6 Å². The number of carbonyl (C=O) groups excluding carboxylic acids is 2. The van der Waals surface area contributed by atoms with Crippen LogP contribution in [0.25, 0.3) is 22.1 Å². The maximum absolute atomic E-state index is 11.9. The van der Waals surface area contributed by atoms with Crippen molar-refractivity contribution in [1.82, 2.24) is 35.2 Å². The number of rotatable bonds is 5. The van der Waals surface area contributed by atoms with Crippen molar-refractivity contribution in [3.05, 3.63) is 36.9 Å². The van der Waals surface area contributed by atoms with Gasteiger partial charge in [-0.2, -0.15) is 13.2 Å². The van der Waals surface area contributed by atoms with E-state index in [4.69, 9.17) is 26.1 Å². The number of ether oxygens (including phenoxy) is 3. The number of nitrogens with one attached hydrogen (secondary N) is 1. The van der Waals surface area contributed by atoms with Crippen LogP contribution in [0.1, 0.15) is 61.6 Å². The molecule has 2 saturated heterocycles. The normalized spacial score (nSPS) is 15.4. The number of alkyl halides is 3. The third kappa shape index (κ3) is 13.1. The van der Waals surface area contributed by atoms with Gasteiger partial charge in [0, 0.05) is 52.0 Å². The van der Waals surface area contributed by atoms with Crippen LogP contribution in [0.15, 0.2) is 36.9 Å². The lowest BCUT2D eigenvalue weighted by atomic mass is 10.1. The highest BCUT2D eigenvalue weighted by Gasteiger charge is 2.26. The Morgan fingerprint density at radius 1 is 0.868 bits per heavy atom. The third-order valence-corrected chi connectivity index (χ3v) is 7.75. The molecule has 2 aliphatic heterocycles. The summed E-state index contributed by atoms with van der Waals surface area (Å²) in [4.78, 5) is 51.7. The predicted molar refractivity (Wildman–Crippen MR) is 195 cm³/mol. The lowest BCUT2D eigenvalue weighted by Crippen LogP contribution is -2.46. The molecule has 2 aliphatic rings. The molecular formula is C35H49F3N10O5. The average Bonchev–Trinajstić information content (AvgIpc) is 3.14. The van der Waals surface area contributed by atoms with Crippen molar-refractivity contribution >= 4 is 46.1 Å². The first-order valence-corrected chi connectivity index (χ1v) is 17.0. The Hall–Kier alpha value is -5.13. The molecule has 0 aromatic carbocycles. The Morgan fingerprint density at radius 2 is 1.28 bits per heavy atom. The molecule has 53 heavy (non-hydrogen) atoms. The highest BCUT2D eigenvalue weighted by Crippen LogP contribution is 2.27. The first-order chi connectivity index (χ1) is 25.6. The number of hydrogen-bond donors (Lipinski definition) is 2. The number of anilines is 2. The Morgan fingerprint density at radius 3 is 1.66 bits per heavy atom. The zero-order chi connectivity index (χ0) is 39.9. The largest absolute Gasteiger partial charge is 0.480 e. The van der Waals surface area contributed by atoms with E-state index in [1.165, 1.54) is 0 Å². The monoisotopic (exact) mass is 747 g/mol. The summed E-state index contributed by atoms with van der Waals surface area (Å²) in [7, 11) is 3.16. The predicted octanol–water partition coefficient (Wildman–Crippen LogP) is 5.26. The SMILES string of the molecule is COc1cnc2ccnc(N3CCC(N)CC3)c2n1.COc1cnc2ccnc(N3CCC(NC(=O)OC(C)(C)C)CC3)c2n1.O=CC(F)(F)F.[2H]CC. The Labute approximate surface area is 308 Å². The highest BCUT2D eigenvalue weighted by atomic mass is 19.4. The zero-order valence-corrected chi connectivity index (χ0v) is 30.9. The highest BCUT2D eigenvalue weighted by molar-refractivity contribution is 5.86. The van der Waals surface area contributed by atoms with Crippen LogP contribution in [0, 0.1) is 0 Å². The van der Waals surface area contributed by atoms with Crippen LogP contribution >= 0.6 is 0 Å². The molecule has 0 aliphatic carbocycles. The number of nitrogens with zero attached hydrogens (tertiary/aromatic N) is 8. The second kappa shape index (κ2) is 19.6. The molecule has 6 heterocycles. The molecule has 0 unspecified atom stereocenters.